The molecule has 18 heavy (non-hydrogen) atoms. The van der Waals surface area contributed by atoms with E-state index in [1.165, 1.54) is 7.11 Å². The van der Waals surface area contributed by atoms with E-state index in [4.69, 9.17) is 15.2 Å². The van der Waals surface area contributed by atoms with Gasteiger partial charge in [-0.05, 0) is 19.3 Å². The second-order valence-corrected chi connectivity index (χ2v) is 4.51. The number of nitrogens with zero attached hydrogens (tertiary/aromatic N) is 1. The van der Waals surface area contributed by atoms with Crippen molar-refractivity contribution in [1.29, 1.82) is 0 Å². The van der Waals surface area contributed by atoms with Gasteiger partial charge in [0.25, 0.3) is 0 Å². The van der Waals surface area contributed by atoms with Crippen LogP contribution in [0, 0.1) is 5.92 Å². The minimum Gasteiger partial charge on any atom is -0.469 e. The van der Waals surface area contributed by atoms with E-state index in [-0.39, 0.29) is 17.8 Å². The molecule has 1 aliphatic heterocycles. The molecule has 2 N–H and O–H groups in total. The van der Waals surface area contributed by atoms with Crippen molar-refractivity contribution in [2.24, 2.45) is 11.7 Å². The average molecular weight is 258 g/mol. The number of carbonyl (C=O) groups is 2. The van der Waals surface area contributed by atoms with E-state index in [1.807, 2.05) is 0 Å². The molecule has 104 valence electrons. The van der Waals surface area contributed by atoms with Gasteiger partial charge in [-0.1, -0.05) is 0 Å². The quantitative estimate of drug-likeness (QED) is 0.688. The van der Waals surface area contributed by atoms with Crippen LogP contribution in [0.1, 0.15) is 19.3 Å². The summed E-state index contributed by atoms with van der Waals surface area (Å²) < 4.78 is 9.60. The largest absolute Gasteiger partial charge is 0.469 e. The van der Waals surface area contributed by atoms with Crippen molar-refractivity contribution in [2.45, 2.75) is 25.3 Å². The molecule has 0 aromatic rings. The third-order valence-electron chi connectivity index (χ3n) is 3.29. The summed E-state index contributed by atoms with van der Waals surface area (Å²) >= 11 is 0. The van der Waals surface area contributed by atoms with Gasteiger partial charge in [0.1, 0.15) is 0 Å². The number of amides is 1. The van der Waals surface area contributed by atoms with Crippen molar-refractivity contribution < 1.29 is 19.1 Å². The number of carbonyl (C=O) groups excluding carboxylic acids is 2. The highest BCUT2D eigenvalue weighted by Crippen LogP contribution is 2.19. The first-order valence-corrected chi connectivity index (χ1v) is 6.21. The fraction of sp³-hybridized carbons (Fsp3) is 0.833. The maximum Gasteiger partial charge on any atom is 0.308 e. The van der Waals surface area contributed by atoms with Crippen molar-refractivity contribution >= 4 is 11.9 Å². The third-order valence-corrected chi connectivity index (χ3v) is 3.29. The van der Waals surface area contributed by atoms with E-state index >= 15 is 0 Å². The van der Waals surface area contributed by atoms with E-state index in [9.17, 15) is 9.59 Å². The van der Waals surface area contributed by atoms with Crippen LogP contribution < -0.4 is 5.73 Å². The van der Waals surface area contributed by atoms with E-state index in [0.29, 0.717) is 39.0 Å². The summed E-state index contributed by atoms with van der Waals surface area (Å²) in [5.41, 5.74) is 5.79. The van der Waals surface area contributed by atoms with Crippen LogP contribution in [0.5, 0.6) is 0 Å². The Bertz CT molecular complexity index is 288. The second kappa shape index (κ2) is 7.33. The van der Waals surface area contributed by atoms with Crippen molar-refractivity contribution in [3.8, 4) is 0 Å². The maximum atomic E-state index is 12.0. The van der Waals surface area contributed by atoms with Gasteiger partial charge in [0.05, 0.1) is 19.1 Å². The molecular formula is C12H22N2O4. The van der Waals surface area contributed by atoms with Crippen molar-refractivity contribution in [3.63, 3.8) is 0 Å². The lowest BCUT2D eigenvalue weighted by Gasteiger charge is -2.32. The number of rotatable bonds is 5. The fourth-order valence-corrected chi connectivity index (χ4v) is 2.11. The summed E-state index contributed by atoms with van der Waals surface area (Å²) in [6, 6.07) is -0.514. The Morgan fingerprint density at radius 3 is 2.44 bits per heavy atom. The first-order valence-electron chi connectivity index (χ1n) is 6.21. The molecule has 0 radical (unpaired) electrons. The molecule has 0 bridgehead atoms. The van der Waals surface area contributed by atoms with E-state index < -0.39 is 6.04 Å². The van der Waals surface area contributed by atoms with Crippen molar-refractivity contribution in [2.75, 3.05) is 33.9 Å². The molecule has 0 spiro atoms. The lowest BCUT2D eigenvalue weighted by atomic mass is 9.96. The first-order chi connectivity index (χ1) is 8.60. The normalized spacial score (nSPS) is 18.5. The van der Waals surface area contributed by atoms with Crippen LogP contribution in [0.15, 0.2) is 0 Å². The number of esters is 1. The lowest BCUT2D eigenvalue weighted by molar-refractivity contribution is -0.149. The van der Waals surface area contributed by atoms with E-state index in [2.05, 4.69) is 0 Å². The summed E-state index contributed by atoms with van der Waals surface area (Å²) in [4.78, 5) is 25.1. The molecule has 1 rings (SSSR count). The van der Waals surface area contributed by atoms with Crippen LogP contribution in [-0.2, 0) is 19.1 Å². The van der Waals surface area contributed by atoms with Gasteiger partial charge in [-0.15, -0.1) is 0 Å². The zero-order chi connectivity index (χ0) is 13.5. The predicted octanol–water partition coefficient (Wildman–Crippen LogP) is -0.238. The summed E-state index contributed by atoms with van der Waals surface area (Å²) in [5, 5.41) is 0. The Kier molecular flexibility index (Phi) is 6.07. The van der Waals surface area contributed by atoms with Gasteiger partial charge in [0, 0.05) is 26.8 Å². The third kappa shape index (κ3) is 3.96. The minimum absolute atomic E-state index is 0.0598. The summed E-state index contributed by atoms with van der Waals surface area (Å²) in [6.07, 6.45) is 1.82. The highest BCUT2D eigenvalue weighted by atomic mass is 16.5. The van der Waals surface area contributed by atoms with Gasteiger partial charge >= 0.3 is 5.97 Å². The average Bonchev–Trinajstić information content (AvgIpc) is 2.43. The van der Waals surface area contributed by atoms with Crippen molar-refractivity contribution in [3.05, 3.63) is 0 Å². The monoisotopic (exact) mass is 258 g/mol. The Balaban J connectivity index is 2.37. The molecule has 1 atom stereocenters. The number of likely N-dealkylation sites (tertiary alicyclic amines) is 1. The van der Waals surface area contributed by atoms with Gasteiger partial charge in [0.15, 0.2) is 0 Å². The minimum atomic E-state index is -0.514. The molecule has 1 fully saturated rings. The standard InChI is InChI=1S/C12H22N2O4/c1-17-8-5-10(13)11(15)14-6-3-9(4-7-14)12(16)18-2/h9-10H,3-8,13H2,1-2H3. The maximum absolute atomic E-state index is 12.0. The SMILES string of the molecule is COCCC(N)C(=O)N1CCC(C(=O)OC)CC1. The molecule has 0 aromatic heterocycles. The number of hydrogen-bond acceptors (Lipinski definition) is 5. The lowest BCUT2D eigenvalue weighted by Crippen LogP contribution is -2.48. The summed E-state index contributed by atoms with van der Waals surface area (Å²) in [7, 11) is 2.97. The van der Waals surface area contributed by atoms with Crippen LogP contribution >= 0.6 is 0 Å². The van der Waals surface area contributed by atoms with Crippen LogP contribution in [0.25, 0.3) is 0 Å². The molecule has 6 heteroatoms. The van der Waals surface area contributed by atoms with Crippen LogP contribution in [0.4, 0.5) is 0 Å². The van der Waals surface area contributed by atoms with Crippen LogP contribution in [0.2, 0.25) is 0 Å². The molecule has 1 amide bonds. The first kappa shape index (κ1) is 14.9. The van der Waals surface area contributed by atoms with Gasteiger partial charge in [-0.3, -0.25) is 9.59 Å². The molecule has 1 unspecified atom stereocenters. The fourth-order valence-electron chi connectivity index (χ4n) is 2.11. The topological polar surface area (TPSA) is 81.9 Å². The molecule has 1 saturated heterocycles. The molecule has 1 aliphatic rings. The number of hydrogen-bond donors (Lipinski definition) is 1. The van der Waals surface area contributed by atoms with Gasteiger partial charge in [0.2, 0.25) is 5.91 Å². The predicted molar refractivity (Wildman–Crippen MR) is 65.8 cm³/mol. The molecule has 1 heterocycles. The van der Waals surface area contributed by atoms with Crippen molar-refractivity contribution in [1.82, 2.24) is 4.90 Å². The molecule has 0 aliphatic carbocycles. The van der Waals surface area contributed by atoms with Gasteiger partial charge in [-0.25, -0.2) is 0 Å². The molecule has 6 nitrogen and oxygen atoms in total. The molecule has 0 saturated carbocycles. The Morgan fingerprint density at radius 2 is 1.94 bits per heavy atom. The zero-order valence-electron chi connectivity index (χ0n) is 11.1. The van der Waals surface area contributed by atoms with E-state index in [0.717, 1.165) is 0 Å². The highest BCUT2D eigenvalue weighted by Gasteiger charge is 2.29. The summed E-state index contributed by atoms with van der Waals surface area (Å²) in [6.45, 7) is 1.62. The Hall–Kier alpha value is -1.14. The number of ether oxygens (including phenoxy) is 2. The van der Waals surface area contributed by atoms with Gasteiger partial charge in [-0.2, -0.15) is 0 Å². The number of methoxy groups -OCH3 is 2. The Morgan fingerprint density at radius 1 is 1.33 bits per heavy atom. The van der Waals surface area contributed by atoms with E-state index in [1.54, 1.807) is 12.0 Å². The van der Waals surface area contributed by atoms with Crippen LogP contribution in [-0.4, -0.2) is 56.7 Å². The smallest absolute Gasteiger partial charge is 0.308 e. The second-order valence-electron chi connectivity index (χ2n) is 4.51. The zero-order valence-corrected chi connectivity index (χ0v) is 11.1. The van der Waals surface area contributed by atoms with Gasteiger partial charge < -0.3 is 20.1 Å². The molecular weight excluding hydrogens is 236 g/mol. The highest BCUT2D eigenvalue weighted by molar-refractivity contribution is 5.82. The Labute approximate surface area is 107 Å². The summed E-state index contributed by atoms with van der Waals surface area (Å²) in [5.74, 6) is -0.338. The number of nitrogens with two attached hydrogens (primary N) is 1. The van der Waals surface area contributed by atoms with Crippen LogP contribution in [0.3, 0.4) is 0 Å². The number of piperidine rings is 1. The molecule has 0 aromatic carbocycles.